The van der Waals surface area contributed by atoms with Gasteiger partial charge >= 0.3 is 0 Å². The molecule has 1 atom stereocenters. The van der Waals surface area contributed by atoms with Crippen LogP contribution in [0.25, 0.3) is 0 Å². The molecule has 1 aliphatic rings. The molecule has 1 aliphatic heterocycles. The van der Waals surface area contributed by atoms with Crippen molar-refractivity contribution in [1.82, 2.24) is 0 Å². The first-order chi connectivity index (χ1) is 3.77. The average molecular weight is 110 g/mol. The van der Waals surface area contributed by atoms with Crippen molar-refractivity contribution < 1.29 is 0 Å². The van der Waals surface area contributed by atoms with Crippen LogP contribution in [0.3, 0.4) is 0 Å². The molecule has 1 unspecified atom stereocenters. The Bertz CT molecular complexity index is 123. The van der Waals surface area contributed by atoms with E-state index in [0.29, 0.717) is 0 Å². The third-order valence-corrected chi connectivity index (χ3v) is 1.50. The summed E-state index contributed by atoms with van der Waals surface area (Å²) < 4.78 is 0. The molecule has 0 aromatic carbocycles. The van der Waals surface area contributed by atoms with Crippen molar-refractivity contribution in [2.75, 3.05) is 0 Å². The van der Waals surface area contributed by atoms with Crippen LogP contribution >= 0.6 is 0 Å². The summed E-state index contributed by atoms with van der Waals surface area (Å²) in [5.74, 6) is 0. The van der Waals surface area contributed by atoms with Gasteiger partial charge in [-0.25, -0.2) is 0 Å². The monoisotopic (exact) mass is 110 g/mol. The summed E-state index contributed by atoms with van der Waals surface area (Å²) in [4.78, 5) is 0. The lowest BCUT2D eigenvalue weighted by Crippen LogP contribution is -2.12. The normalized spacial score (nSPS) is 34.2. The molecule has 0 radical (unpaired) electrons. The van der Waals surface area contributed by atoms with Gasteiger partial charge in [-0.15, -0.1) is 0 Å². The second-order valence-electron chi connectivity index (χ2n) is 2.24. The maximum atomic E-state index is 4.00. The molecule has 2 nitrogen and oxygen atoms in total. The van der Waals surface area contributed by atoms with Crippen LogP contribution in [0.1, 0.15) is 20.3 Å². The molecule has 0 aliphatic carbocycles. The molecule has 0 N–H and O–H groups in total. The highest BCUT2D eigenvalue weighted by molar-refractivity contribution is 5.06. The molecule has 2 heteroatoms. The van der Waals surface area contributed by atoms with Gasteiger partial charge < -0.3 is 0 Å². The Morgan fingerprint density at radius 3 is 2.62 bits per heavy atom. The quantitative estimate of drug-likeness (QED) is 0.494. The van der Waals surface area contributed by atoms with E-state index in [4.69, 9.17) is 0 Å². The Morgan fingerprint density at radius 2 is 2.38 bits per heavy atom. The summed E-state index contributed by atoms with van der Waals surface area (Å²) in [6, 6.07) is 0. The summed E-state index contributed by atoms with van der Waals surface area (Å²) in [7, 11) is 0. The summed E-state index contributed by atoms with van der Waals surface area (Å²) in [6.07, 6.45) is 4.81. The Morgan fingerprint density at radius 1 is 1.62 bits per heavy atom. The van der Waals surface area contributed by atoms with Crippen LogP contribution in [0.15, 0.2) is 22.5 Å². The van der Waals surface area contributed by atoms with Crippen LogP contribution in [0.2, 0.25) is 0 Å². The molecule has 44 valence electrons. The summed E-state index contributed by atoms with van der Waals surface area (Å²) >= 11 is 0. The average Bonchev–Trinajstić information content (AvgIpc) is 2.17. The molecule has 0 aromatic heterocycles. The Labute approximate surface area is 49.3 Å². The van der Waals surface area contributed by atoms with Gasteiger partial charge in [-0.05, 0) is 19.4 Å². The van der Waals surface area contributed by atoms with Crippen molar-refractivity contribution in [3.63, 3.8) is 0 Å². The molecule has 1 rings (SSSR count). The maximum absolute atomic E-state index is 4.00. The van der Waals surface area contributed by atoms with Gasteiger partial charge in [-0.1, -0.05) is 6.92 Å². The van der Waals surface area contributed by atoms with Gasteiger partial charge in [0.05, 0.1) is 5.54 Å². The minimum absolute atomic E-state index is 0.0139. The van der Waals surface area contributed by atoms with Crippen molar-refractivity contribution in [3.05, 3.63) is 12.3 Å². The van der Waals surface area contributed by atoms with Crippen molar-refractivity contribution in [3.8, 4) is 0 Å². The first kappa shape index (κ1) is 5.48. The zero-order chi connectivity index (χ0) is 6.04. The third kappa shape index (κ3) is 0.782. The summed E-state index contributed by atoms with van der Waals surface area (Å²) in [6.45, 7) is 4.18. The number of hydrogen-bond donors (Lipinski definition) is 0. The molecule has 0 fully saturated rings. The van der Waals surface area contributed by atoms with E-state index in [2.05, 4.69) is 24.1 Å². The largest absolute Gasteiger partial charge is 0.179 e. The van der Waals surface area contributed by atoms with Gasteiger partial charge in [0.25, 0.3) is 0 Å². The van der Waals surface area contributed by atoms with Crippen molar-refractivity contribution in [2.24, 2.45) is 10.2 Å². The standard InChI is InChI=1S/C6H10N2/c1-3-6(2)4-5-7-8-6/h4-5H,3H2,1-2H3. The minimum Gasteiger partial charge on any atom is -0.179 e. The van der Waals surface area contributed by atoms with E-state index in [1.807, 2.05) is 6.08 Å². The van der Waals surface area contributed by atoms with Gasteiger partial charge in [0, 0.05) is 6.20 Å². The predicted octanol–water partition coefficient (Wildman–Crippen LogP) is 2.13. The van der Waals surface area contributed by atoms with E-state index in [9.17, 15) is 0 Å². The summed E-state index contributed by atoms with van der Waals surface area (Å²) in [5, 5.41) is 7.75. The fraction of sp³-hybridized carbons (Fsp3) is 0.667. The smallest absolute Gasteiger partial charge is 0.0987 e. The zero-order valence-electron chi connectivity index (χ0n) is 5.26. The van der Waals surface area contributed by atoms with Crippen molar-refractivity contribution >= 4 is 0 Å². The third-order valence-electron chi connectivity index (χ3n) is 1.50. The number of hydrogen-bond acceptors (Lipinski definition) is 2. The second kappa shape index (κ2) is 1.69. The molecule has 0 saturated heterocycles. The van der Waals surface area contributed by atoms with Gasteiger partial charge in [0.15, 0.2) is 0 Å². The van der Waals surface area contributed by atoms with Crippen LogP contribution in [-0.4, -0.2) is 5.54 Å². The number of nitrogens with zero attached hydrogens (tertiary/aromatic N) is 2. The van der Waals surface area contributed by atoms with Crippen LogP contribution in [-0.2, 0) is 0 Å². The van der Waals surface area contributed by atoms with E-state index in [-0.39, 0.29) is 5.54 Å². The number of rotatable bonds is 1. The summed E-state index contributed by atoms with van der Waals surface area (Å²) in [5.41, 5.74) is 0.0139. The van der Waals surface area contributed by atoms with Crippen molar-refractivity contribution in [1.29, 1.82) is 0 Å². The number of azo groups is 1. The lowest BCUT2D eigenvalue weighted by atomic mass is 10.0. The van der Waals surface area contributed by atoms with Crippen molar-refractivity contribution in [2.45, 2.75) is 25.8 Å². The molecular formula is C6H10N2. The SMILES string of the molecule is CCC1(C)C=CN=N1. The molecule has 0 bridgehead atoms. The first-order valence-corrected chi connectivity index (χ1v) is 2.86. The lowest BCUT2D eigenvalue weighted by Gasteiger charge is -2.10. The zero-order valence-corrected chi connectivity index (χ0v) is 5.26. The van der Waals surface area contributed by atoms with E-state index in [1.54, 1.807) is 6.20 Å². The van der Waals surface area contributed by atoms with E-state index in [1.165, 1.54) is 0 Å². The second-order valence-corrected chi connectivity index (χ2v) is 2.24. The molecule has 0 saturated carbocycles. The highest BCUT2D eigenvalue weighted by Crippen LogP contribution is 2.21. The maximum Gasteiger partial charge on any atom is 0.0987 e. The van der Waals surface area contributed by atoms with E-state index in [0.717, 1.165) is 6.42 Å². The van der Waals surface area contributed by atoms with E-state index < -0.39 is 0 Å². The van der Waals surface area contributed by atoms with Gasteiger partial charge in [0.1, 0.15) is 0 Å². The lowest BCUT2D eigenvalue weighted by molar-refractivity contribution is 0.558. The Balaban J connectivity index is 2.69. The molecule has 0 aromatic rings. The molecule has 8 heavy (non-hydrogen) atoms. The van der Waals surface area contributed by atoms with Crippen LogP contribution < -0.4 is 0 Å². The highest BCUT2D eigenvalue weighted by atomic mass is 15.2. The predicted molar refractivity (Wildman–Crippen MR) is 32.7 cm³/mol. The fourth-order valence-electron chi connectivity index (χ4n) is 0.581. The van der Waals surface area contributed by atoms with E-state index >= 15 is 0 Å². The Kier molecular flexibility index (Phi) is 1.16. The highest BCUT2D eigenvalue weighted by Gasteiger charge is 2.18. The molecule has 0 spiro atoms. The topological polar surface area (TPSA) is 24.7 Å². The molecule has 1 heterocycles. The first-order valence-electron chi connectivity index (χ1n) is 2.86. The van der Waals surface area contributed by atoms with Crippen LogP contribution in [0, 0.1) is 0 Å². The van der Waals surface area contributed by atoms with Crippen LogP contribution in [0.4, 0.5) is 0 Å². The van der Waals surface area contributed by atoms with Gasteiger partial charge in [0.2, 0.25) is 0 Å². The van der Waals surface area contributed by atoms with Gasteiger partial charge in [-0.2, -0.15) is 10.2 Å². The van der Waals surface area contributed by atoms with Gasteiger partial charge in [-0.3, -0.25) is 0 Å². The minimum atomic E-state index is 0.0139. The van der Waals surface area contributed by atoms with Crippen LogP contribution in [0.5, 0.6) is 0 Å². The Hall–Kier alpha value is -0.660. The molecule has 0 amide bonds. The molecular weight excluding hydrogens is 100 g/mol. The fourth-order valence-corrected chi connectivity index (χ4v) is 0.581.